The van der Waals surface area contributed by atoms with Crippen LogP contribution in [0, 0.1) is 11.3 Å². The fraction of sp³-hybridized carbons (Fsp3) is 1.00. The average Bonchev–Trinajstić information content (AvgIpc) is 2.49. The summed E-state index contributed by atoms with van der Waals surface area (Å²) in [5.74, 6) is 0.708. The molecular formula is C16H30N2O4S. The second-order valence-corrected chi connectivity index (χ2v) is 9.69. The molecule has 3 rings (SSSR count). The van der Waals surface area contributed by atoms with Crippen molar-refractivity contribution in [3.05, 3.63) is 0 Å². The summed E-state index contributed by atoms with van der Waals surface area (Å²) in [6, 6.07) is 0. The van der Waals surface area contributed by atoms with Gasteiger partial charge in [-0.2, -0.15) is 17.0 Å². The molecule has 2 atom stereocenters. The van der Waals surface area contributed by atoms with Crippen LogP contribution in [-0.2, 0) is 19.7 Å². The number of hydrogen-bond acceptors (Lipinski definition) is 4. The lowest BCUT2D eigenvalue weighted by atomic mass is 9.73. The van der Waals surface area contributed by atoms with E-state index in [0.29, 0.717) is 25.6 Å². The summed E-state index contributed by atoms with van der Waals surface area (Å²) in [6.07, 6.45) is 6.73. The molecule has 6 nitrogen and oxygen atoms in total. The summed E-state index contributed by atoms with van der Waals surface area (Å²) >= 11 is 0. The average molecular weight is 346 g/mol. The first kappa shape index (κ1) is 17.6. The second-order valence-electron chi connectivity index (χ2n) is 7.55. The van der Waals surface area contributed by atoms with Crippen molar-refractivity contribution in [1.29, 1.82) is 0 Å². The van der Waals surface area contributed by atoms with E-state index < -0.39 is 10.2 Å². The fourth-order valence-corrected chi connectivity index (χ4v) is 5.19. The van der Waals surface area contributed by atoms with Crippen molar-refractivity contribution < 1.29 is 17.9 Å². The quantitative estimate of drug-likeness (QED) is 0.731. The molecule has 0 spiro atoms. The Bertz CT molecular complexity index is 506. The summed E-state index contributed by atoms with van der Waals surface area (Å²) in [5, 5.41) is 0. The highest BCUT2D eigenvalue weighted by atomic mass is 32.2. The summed E-state index contributed by atoms with van der Waals surface area (Å²) in [5.41, 5.74) is -0.177. The maximum Gasteiger partial charge on any atom is 0.281 e. The molecule has 3 aliphatic rings. The van der Waals surface area contributed by atoms with E-state index >= 15 is 0 Å². The van der Waals surface area contributed by atoms with Crippen LogP contribution in [0.1, 0.15) is 38.5 Å². The van der Waals surface area contributed by atoms with Crippen LogP contribution >= 0.6 is 0 Å². The predicted octanol–water partition coefficient (Wildman–Crippen LogP) is 1.48. The molecule has 2 heterocycles. The number of nitrogens with zero attached hydrogens (tertiary/aromatic N) is 2. The summed E-state index contributed by atoms with van der Waals surface area (Å²) in [6.45, 7) is 3.27. The zero-order chi connectivity index (χ0) is 16.5. The van der Waals surface area contributed by atoms with E-state index in [9.17, 15) is 8.42 Å². The highest BCUT2D eigenvalue weighted by molar-refractivity contribution is 7.86. The normalized spacial score (nSPS) is 33.4. The molecule has 3 fully saturated rings. The zero-order valence-electron chi connectivity index (χ0n) is 14.4. The standard InChI is InChI=1S/C16H30N2O4S/c1-17(2)23(19,20)18-9-7-15-16(12-18,8-4-10-22-15)13-21-11-14-5-3-6-14/h14-15H,3-13H2,1-2H3. The predicted molar refractivity (Wildman–Crippen MR) is 88.4 cm³/mol. The van der Waals surface area contributed by atoms with Gasteiger partial charge in [-0.05, 0) is 38.0 Å². The molecule has 1 saturated carbocycles. The van der Waals surface area contributed by atoms with Gasteiger partial charge in [0, 0.05) is 45.8 Å². The van der Waals surface area contributed by atoms with E-state index in [4.69, 9.17) is 9.47 Å². The SMILES string of the molecule is CN(C)S(=O)(=O)N1CCC2OCCCC2(COCC2CCC2)C1. The van der Waals surface area contributed by atoms with E-state index in [1.165, 1.54) is 23.6 Å². The lowest BCUT2D eigenvalue weighted by molar-refractivity contribution is -0.146. The van der Waals surface area contributed by atoms with Crippen molar-refractivity contribution in [1.82, 2.24) is 8.61 Å². The van der Waals surface area contributed by atoms with Gasteiger partial charge in [-0.15, -0.1) is 0 Å². The number of fused-ring (bicyclic) bond motifs is 1. The summed E-state index contributed by atoms with van der Waals surface area (Å²) in [7, 11) is -0.176. The molecule has 0 aromatic carbocycles. The van der Waals surface area contributed by atoms with E-state index in [1.54, 1.807) is 18.4 Å². The van der Waals surface area contributed by atoms with Crippen LogP contribution in [0.3, 0.4) is 0 Å². The van der Waals surface area contributed by atoms with Crippen LogP contribution in [0.2, 0.25) is 0 Å². The maximum atomic E-state index is 12.5. The van der Waals surface area contributed by atoms with Crippen molar-refractivity contribution in [3.63, 3.8) is 0 Å². The van der Waals surface area contributed by atoms with Gasteiger partial charge in [0.05, 0.1) is 12.7 Å². The topological polar surface area (TPSA) is 59.1 Å². The van der Waals surface area contributed by atoms with Crippen molar-refractivity contribution >= 4 is 10.2 Å². The van der Waals surface area contributed by atoms with E-state index in [-0.39, 0.29) is 11.5 Å². The van der Waals surface area contributed by atoms with Crippen LogP contribution in [0.4, 0.5) is 0 Å². The van der Waals surface area contributed by atoms with Crippen molar-refractivity contribution in [2.24, 2.45) is 11.3 Å². The monoisotopic (exact) mass is 346 g/mol. The first-order valence-corrected chi connectivity index (χ1v) is 10.2. The second kappa shape index (κ2) is 6.96. The van der Waals surface area contributed by atoms with Crippen LogP contribution < -0.4 is 0 Å². The first-order valence-electron chi connectivity index (χ1n) is 8.81. The minimum atomic E-state index is -3.37. The van der Waals surface area contributed by atoms with Crippen molar-refractivity contribution in [3.8, 4) is 0 Å². The lowest BCUT2D eigenvalue weighted by Gasteiger charge is -2.50. The third-order valence-corrected chi connectivity index (χ3v) is 7.60. The van der Waals surface area contributed by atoms with Crippen LogP contribution in [0.5, 0.6) is 0 Å². The fourth-order valence-electron chi connectivity index (χ4n) is 3.98. The Labute approximate surface area is 140 Å². The molecule has 134 valence electrons. The van der Waals surface area contributed by atoms with Gasteiger partial charge in [-0.1, -0.05) is 6.42 Å². The van der Waals surface area contributed by atoms with Gasteiger partial charge in [0.2, 0.25) is 0 Å². The third kappa shape index (κ3) is 3.58. The molecule has 0 aromatic rings. The van der Waals surface area contributed by atoms with Gasteiger partial charge in [-0.25, -0.2) is 0 Å². The van der Waals surface area contributed by atoms with Gasteiger partial charge in [0.1, 0.15) is 0 Å². The third-order valence-electron chi connectivity index (χ3n) is 5.71. The molecular weight excluding hydrogens is 316 g/mol. The Balaban J connectivity index is 1.68. The molecule has 0 N–H and O–H groups in total. The summed E-state index contributed by atoms with van der Waals surface area (Å²) < 4.78 is 40.0. The molecule has 0 radical (unpaired) electrons. The van der Waals surface area contributed by atoms with E-state index in [1.807, 2.05) is 0 Å². The van der Waals surface area contributed by atoms with Crippen molar-refractivity contribution in [2.75, 3.05) is 47.0 Å². The largest absolute Gasteiger partial charge is 0.380 e. The Hall–Kier alpha value is -0.210. The van der Waals surface area contributed by atoms with Gasteiger partial charge >= 0.3 is 0 Å². The maximum absolute atomic E-state index is 12.5. The number of ether oxygens (including phenoxy) is 2. The lowest BCUT2D eigenvalue weighted by Crippen LogP contribution is -2.59. The Kier molecular flexibility index (Phi) is 5.33. The highest BCUT2D eigenvalue weighted by Gasteiger charge is 2.49. The minimum Gasteiger partial charge on any atom is -0.380 e. The van der Waals surface area contributed by atoms with Gasteiger partial charge in [-0.3, -0.25) is 0 Å². The first-order chi connectivity index (χ1) is 10.9. The smallest absolute Gasteiger partial charge is 0.281 e. The van der Waals surface area contributed by atoms with Crippen LogP contribution in [-0.4, -0.2) is 70.1 Å². The van der Waals surface area contributed by atoms with E-state index in [0.717, 1.165) is 32.5 Å². The van der Waals surface area contributed by atoms with Gasteiger partial charge in [0.15, 0.2) is 0 Å². The zero-order valence-corrected chi connectivity index (χ0v) is 15.2. The number of rotatable bonds is 6. The molecule has 0 aromatic heterocycles. The minimum absolute atomic E-state index is 0.131. The molecule has 23 heavy (non-hydrogen) atoms. The highest BCUT2D eigenvalue weighted by Crippen LogP contribution is 2.41. The molecule has 2 saturated heterocycles. The number of hydrogen-bond donors (Lipinski definition) is 0. The van der Waals surface area contributed by atoms with Gasteiger partial charge < -0.3 is 9.47 Å². The molecule has 0 amide bonds. The molecule has 7 heteroatoms. The van der Waals surface area contributed by atoms with Crippen molar-refractivity contribution in [2.45, 2.75) is 44.6 Å². The van der Waals surface area contributed by atoms with E-state index in [2.05, 4.69) is 0 Å². The molecule has 0 bridgehead atoms. The van der Waals surface area contributed by atoms with Crippen LogP contribution in [0.15, 0.2) is 0 Å². The molecule has 1 aliphatic carbocycles. The Morgan fingerprint density at radius 3 is 2.70 bits per heavy atom. The van der Waals surface area contributed by atoms with Gasteiger partial charge in [0.25, 0.3) is 10.2 Å². The van der Waals surface area contributed by atoms with Crippen LogP contribution in [0.25, 0.3) is 0 Å². The molecule has 2 unspecified atom stereocenters. The Morgan fingerprint density at radius 2 is 2.04 bits per heavy atom. The Morgan fingerprint density at radius 1 is 1.26 bits per heavy atom. The summed E-state index contributed by atoms with van der Waals surface area (Å²) in [4.78, 5) is 0. The number of piperidine rings is 1. The molecule has 2 aliphatic heterocycles.